The summed E-state index contributed by atoms with van der Waals surface area (Å²) in [5, 5.41) is 3.05. The van der Waals surface area contributed by atoms with Crippen LogP contribution in [0.2, 0.25) is 0 Å². The molecule has 0 saturated carbocycles. The molecule has 2 heterocycles. The second-order valence-corrected chi connectivity index (χ2v) is 9.70. The number of amides is 1. The zero-order valence-corrected chi connectivity index (χ0v) is 20.9. The summed E-state index contributed by atoms with van der Waals surface area (Å²) < 4.78 is 1.78. The number of rotatable bonds is 7. The highest BCUT2D eigenvalue weighted by Crippen LogP contribution is 2.19. The number of carbonyl (C=O) groups is 1. The van der Waals surface area contributed by atoms with Gasteiger partial charge in [0.05, 0.1) is 17.6 Å². The molecule has 1 N–H and O–H groups in total. The minimum absolute atomic E-state index is 0.0493. The fraction of sp³-hybridized carbons (Fsp3) is 0.464. The highest BCUT2D eigenvalue weighted by molar-refractivity contribution is 5.94. The Bertz CT molecular complexity index is 1230. The summed E-state index contributed by atoms with van der Waals surface area (Å²) in [5.74, 6) is -0.0493. The van der Waals surface area contributed by atoms with E-state index in [4.69, 9.17) is 0 Å². The highest BCUT2D eigenvalue weighted by Gasteiger charge is 2.17. The molecule has 1 unspecified atom stereocenters. The van der Waals surface area contributed by atoms with Crippen molar-refractivity contribution in [1.29, 1.82) is 0 Å². The van der Waals surface area contributed by atoms with E-state index in [0.29, 0.717) is 30.4 Å². The predicted octanol–water partition coefficient (Wildman–Crippen LogP) is 4.36. The van der Waals surface area contributed by atoms with E-state index in [1.54, 1.807) is 11.5 Å². The van der Waals surface area contributed by atoms with Crippen molar-refractivity contribution >= 4 is 16.9 Å². The van der Waals surface area contributed by atoms with Gasteiger partial charge >= 0.3 is 0 Å². The summed E-state index contributed by atoms with van der Waals surface area (Å²) in [6, 6.07) is 12.3. The normalized spacial score (nSPS) is 16.6. The Kier molecular flexibility index (Phi) is 7.47. The third kappa shape index (κ3) is 5.39. The molecule has 1 aromatic heterocycles. The number of aryl methyl sites for hydroxylation is 3. The van der Waals surface area contributed by atoms with Gasteiger partial charge in [-0.2, -0.15) is 0 Å². The molecule has 0 aliphatic carbocycles. The van der Waals surface area contributed by atoms with Gasteiger partial charge in [0.25, 0.3) is 11.5 Å². The maximum absolute atomic E-state index is 12.9. The summed E-state index contributed by atoms with van der Waals surface area (Å²) in [7, 11) is 0. The molecule has 4 rings (SSSR count). The number of likely N-dealkylation sites (tertiary alicyclic amines) is 1. The SMILES string of the molecule is Cc1cc2nc(C)c(=O)n(Cc3ccc(C(=O)NCCCN4CCCCC4C)cc3)c2cc1C. The van der Waals surface area contributed by atoms with Gasteiger partial charge in [-0.1, -0.05) is 18.6 Å². The molecule has 0 radical (unpaired) electrons. The molecule has 1 saturated heterocycles. The van der Waals surface area contributed by atoms with Gasteiger partial charge in [-0.05, 0) is 94.5 Å². The van der Waals surface area contributed by atoms with Crippen LogP contribution >= 0.6 is 0 Å². The Balaban J connectivity index is 1.40. The molecule has 6 nitrogen and oxygen atoms in total. The Labute approximate surface area is 202 Å². The monoisotopic (exact) mass is 460 g/mol. The molecule has 0 bridgehead atoms. The van der Waals surface area contributed by atoms with Gasteiger partial charge in [0, 0.05) is 24.7 Å². The van der Waals surface area contributed by atoms with Crippen molar-refractivity contribution in [3.63, 3.8) is 0 Å². The quantitative estimate of drug-likeness (QED) is 0.532. The van der Waals surface area contributed by atoms with Crippen LogP contribution in [0.15, 0.2) is 41.2 Å². The summed E-state index contributed by atoms with van der Waals surface area (Å²) in [6.45, 7) is 11.5. The average molecular weight is 461 g/mol. The Hall–Kier alpha value is -2.99. The maximum atomic E-state index is 12.9. The zero-order chi connectivity index (χ0) is 24.2. The number of nitrogens with one attached hydrogen (secondary N) is 1. The molecule has 180 valence electrons. The molecule has 34 heavy (non-hydrogen) atoms. The van der Waals surface area contributed by atoms with E-state index in [9.17, 15) is 9.59 Å². The fourth-order valence-electron chi connectivity index (χ4n) is 4.80. The van der Waals surface area contributed by atoms with Crippen molar-refractivity contribution in [3.05, 3.63) is 74.7 Å². The summed E-state index contributed by atoms with van der Waals surface area (Å²) in [4.78, 5) is 32.5. The lowest BCUT2D eigenvalue weighted by Crippen LogP contribution is -2.39. The molecular formula is C28H36N4O2. The number of hydrogen-bond donors (Lipinski definition) is 1. The van der Waals surface area contributed by atoms with Gasteiger partial charge in [-0.25, -0.2) is 4.98 Å². The van der Waals surface area contributed by atoms with Crippen LogP contribution in [0.3, 0.4) is 0 Å². The second-order valence-electron chi connectivity index (χ2n) is 9.70. The number of carbonyl (C=O) groups excluding carboxylic acids is 1. The Morgan fingerprint density at radius 3 is 2.56 bits per heavy atom. The minimum Gasteiger partial charge on any atom is -0.352 e. The van der Waals surface area contributed by atoms with Gasteiger partial charge in [-0.15, -0.1) is 0 Å². The summed E-state index contributed by atoms with van der Waals surface area (Å²) in [6.07, 6.45) is 4.85. The number of hydrogen-bond acceptors (Lipinski definition) is 4. The number of nitrogens with zero attached hydrogens (tertiary/aromatic N) is 3. The van der Waals surface area contributed by atoms with Crippen molar-refractivity contribution in [2.24, 2.45) is 0 Å². The third-order valence-corrected chi connectivity index (χ3v) is 7.13. The van der Waals surface area contributed by atoms with Crippen LogP contribution < -0.4 is 10.9 Å². The second kappa shape index (κ2) is 10.5. The average Bonchev–Trinajstić information content (AvgIpc) is 2.82. The van der Waals surface area contributed by atoms with Crippen molar-refractivity contribution in [3.8, 4) is 0 Å². The zero-order valence-electron chi connectivity index (χ0n) is 20.9. The van der Waals surface area contributed by atoms with E-state index in [2.05, 4.69) is 29.0 Å². The Morgan fingerprint density at radius 2 is 1.82 bits per heavy atom. The van der Waals surface area contributed by atoms with Crippen molar-refractivity contribution < 1.29 is 4.79 Å². The van der Waals surface area contributed by atoms with E-state index < -0.39 is 0 Å². The molecule has 2 aromatic carbocycles. The number of fused-ring (bicyclic) bond motifs is 1. The molecular weight excluding hydrogens is 424 g/mol. The number of aromatic nitrogens is 2. The molecule has 6 heteroatoms. The van der Waals surface area contributed by atoms with Crippen LogP contribution in [-0.4, -0.2) is 46.0 Å². The topological polar surface area (TPSA) is 67.2 Å². The molecule has 1 atom stereocenters. The van der Waals surface area contributed by atoms with Gasteiger partial charge in [0.2, 0.25) is 0 Å². The fourth-order valence-corrected chi connectivity index (χ4v) is 4.80. The van der Waals surface area contributed by atoms with E-state index in [1.165, 1.54) is 25.8 Å². The van der Waals surface area contributed by atoms with E-state index in [-0.39, 0.29) is 11.5 Å². The number of benzene rings is 2. The predicted molar refractivity (Wildman–Crippen MR) is 138 cm³/mol. The molecule has 1 aliphatic heterocycles. The lowest BCUT2D eigenvalue weighted by molar-refractivity contribution is 0.0949. The number of piperidine rings is 1. The highest BCUT2D eigenvalue weighted by atomic mass is 16.1. The smallest absolute Gasteiger partial charge is 0.272 e. The van der Waals surface area contributed by atoms with Crippen molar-refractivity contribution in [2.45, 2.75) is 66.0 Å². The lowest BCUT2D eigenvalue weighted by Gasteiger charge is -2.33. The first-order chi connectivity index (χ1) is 16.3. The van der Waals surface area contributed by atoms with Crippen LogP contribution in [-0.2, 0) is 6.54 Å². The molecule has 1 aliphatic rings. The van der Waals surface area contributed by atoms with Crippen LogP contribution in [0.4, 0.5) is 0 Å². The lowest BCUT2D eigenvalue weighted by atomic mass is 10.0. The molecule has 1 fully saturated rings. The van der Waals surface area contributed by atoms with Crippen molar-refractivity contribution in [1.82, 2.24) is 19.8 Å². The first-order valence-electron chi connectivity index (χ1n) is 12.4. The van der Waals surface area contributed by atoms with E-state index in [0.717, 1.165) is 40.7 Å². The minimum atomic E-state index is -0.0828. The van der Waals surface area contributed by atoms with Crippen molar-refractivity contribution in [2.75, 3.05) is 19.6 Å². The van der Waals surface area contributed by atoms with Gasteiger partial charge in [0.1, 0.15) is 5.69 Å². The third-order valence-electron chi connectivity index (χ3n) is 7.13. The molecule has 3 aromatic rings. The van der Waals surface area contributed by atoms with Crippen LogP contribution in [0.5, 0.6) is 0 Å². The van der Waals surface area contributed by atoms with Crippen LogP contribution in [0.1, 0.15) is 65.3 Å². The largest absolute Gasteiger partial charge is 0.352 e. The van der Waals surface area contributed by atoms with Gasteiger partial charge < -0.3 is 14.8 Å². The van der Waals surface area contributed by atoms with Crippen LogP contribution in [0, 0.1) is 20.8 Å². The molecule has 1 amide bonds. The first kappa shape index (κ1) is 24.1. The van der Waals surface area contributed by atoms with Gasteiger partial charge in [0.15, 0.2) is 0 Å². The van der Waals surface area contributed by atoms with E-state index >= 15 is 0 Å². The van der Waals surface area contributed by atoms with Crippen LogP contribution in [0.25, 0.3) is 11.0 Å². The first-order valence-corrected chi connectivity index (χ1v) is 12.4. The summed E-state index contributed by atoms with van der Waals surface area (Å²) in [5.41, 5.74) is 5.98. The Morgan fingerprint density at radius 1 is 1.09 bits per heavy atom. The van der Waals surface area contributed by atoms with Gasteiger partial charge in [-0.3, -0.25) is 9.59 Å². The maximum Gasteiger partial charge on any atom is 0.272 e. The standard InChI is InChI=1S/C28H36N4O2/c1-19-16-25-26(17-20(19)2)32(28(34)22(4)30-25)18-23-9-11-24(12-10-23)27(33)29-13-7-15-31-14-6-5-8-21(31)3/h9-12,16-17,21H,5-8,13-15,18H2,1-4H3,(H,29,33). The van der Waals surface area contributed by atoms with E-state index in [1.807, 2.05) is 43.3 Å². The summed E-state index contributed by atoms with van der Waals surface area (Å²) >= 11 is 0. The molecule has 0 spiro atoms.